The first-order valence-corrected chi connectivity index (χ1v) is 47.7. The van der Waals surface area contributed by atoms with Crippen LogP contribution in [0.5, 0.6) is 92.0 Å². The molecule has 5 aliphatic carbocycles. The predicted molar refractivity (Wildman–Crippen MR) is 545 cm³/mol. The lowest BCUT2D eigenvalue weighted by Crippen LogP contribution is -2.17. The maximum Gasteiger partial charge on any atom is 0.231 e. The number of ketones is 3. The third-order valence-electron chi connectivity index (χ3n) is 27.5. The van der Waals surface area contributed by atoms with Crippen molar-refractivity contribution in [2.24, 2.45) is 0 Å². The van der Waals surface area contributed by atoms with Crippen LogP contribution < -0.4 is 102 Å². The van der Waals surface area contributed by atoms with Gasteiger partial charge in [-0.05, 0) is 223 Å². The molecule has 15 aromatic rings. The summed E-state index contributed by atoms with van der Waals surface area (Å²) in [6.07, 6.45) is 10.1. The van der Waals surface area contributed by atoms with Crippen LogP contribution in [-0.4, -0.2) is 124 Å². The number of methoxy groups -OCH3 is 4. The predicted octanol–water partition coefficient (Wildman–Crippen LogP) is 23.7. The van der Waals surface area contributed by atoms with Crippen LogP contribution in [0.25, 0.3) is 65.7 Å². The topological polar surface area (TPSA) is 323 Å². The molecule has 0 fully saturated rings. The summed E-state index contributed by atoms with van der Waals surface area (Å²) < 4.78 is 89.2. The van der Waals surface area contributed by atoms with Gasteiger partial charge >= 0.3 is 0 Å². The van der Waals surface area contributed by atoms with Crippen molar-refractivity contribution in [2.75, 3.05) is 109 Å². The molecule has 6 aliphatic heterocycles. The van der Waals surface area contributed by atoms with Gasteiger partial charge in [-0.3, -0.25) is 39.3 Å². The number of Topliss-reactive ketones (excluding diaryl/α,β-unsaturated/α-hetero) is 3. The maximum atomic E-state index is 12.9. The maximum absolute atomic E-state index is 12.9. The third-order valence-corrected chi connectivity index (χ3v) is 27.5. The highest BCUT2D eigenvalue weighted by molar-refractivity contribution is 6.15. The van der Waals surface area contributed by atoms with Crippen LogP contribution in [0, 0.1) is 41.5 Å². The molecule has 720 valence electrons. The van der Waals surface area contributed by atoms with E-state index in [0.29, 0.717) is 108 Å². The lowest BCUT2D eigenvalue weighted by atomic mass is 9.91. The monoisotopic (exact) mass is 1900 g/mol. The van der Waals surface area contributed by atoms with Crippen molar-refractivity contribution in [3.05, 3.63) is 242 Å². The largest absolute Gasteiger partial charge is 0.497 e. The minimum absolute atomic E-state index is 0.108. The molecule has 0 atom stereocenters. The molecule has 0 saturated heterocycles. The van der Waals surface area contributed by atoms with E-state index in [1.807, 2.05) is 142 Å². The lowest BCUT2D eigenvalue weighted by Gasteiger charge is -2.24. The second-order valence-corrected chi connectivity index (χ2v) is 36.6. The number of pyridine rings is 5. The highest BCUT2D eigenvalue weighted by Gasteiger charge is 2.35. The highest BCUT2D eigenvalue weighted by atomic mass is 16.7. The average molecular weight is 1910 g/mol. The number of benzene rings is 10. The normalized spacial score (nSPS) is 15.1. The number of aryl methyl sites for hydroxylation is 9. The summed E-state index contributed by atoms with van der Waals surface area (Å²) in [4.78, 5) is 62.7. The Balaban J connectivity index is 0.000000102. The fourth-order valence-corrected chi connectivity index (χ4v) is 20.2. The van der Waals surface area contributed by atoms with Crippen molar-refractivity contribution in [1.29, 1.82) is 0 Å². The van der Waals surface area contributed by atoms with Gasteiger partial charge in [0.05, 0.1) is 130 Å². The molecule has 29 nitrogen and oxygen atoms in total. The molecular weight excluding hydrogens is 1800 g/mol. The van der Waals surface area contributed by atoms with Crippen molar-refractivity contribution in [1.82, 2.24) is 24.9 Å². The molecule has 142 heavy (non-hydrogen) atoms. The molecular formula is C113H104N10O19. The van der Waals surface area contributed by atoms with Crippen molar-refractivity contribution >= 4 is 140 Å². The molecule has 11 heterocycles. The molecule has 10 aromatic carbocycles. The van der Waals surface area contributed by atoms with Gasteiger partial charge in [-0.25, -0.2) is 0 Å². The van der Waals surface area contributed by atoms with Gasteiger partial charge < -0.3 is 102 Å². The van der Waals surface area contributed by atoms with Crippen molar-refractivity contribution in [2.45, 2.75) is 125 Å². The second kappa shape index (κ2) is 37.7. The van der Waals surface area contributed by atoms with E-state index in [0.717, 1.165) is 300 Å². The van der Waals surface area contributed by atoms with Crippen LogP contribution in [-0.2, 0) is 32.1 Å². The molecule has 0 unspecified atom stereocenters. The number of carbonyl (C=O) groups is 3. The van der Waals surface area contributed by atoms with E-state index in [1.165, 1.54) is 5.56 Å². The zero-order chi connectivity index (χ0) is 97.4. The number of anilines is 10. The number of fused-ring (bicyclic) bond motifs is 16. The quantitative estimate of drug-likeness (QED) is 0.0675. The first kappa shape index (κ1) is 90.7. The number of aromatic nitrogens is 5. The molecule has 5 N–H and O–H groups in total. The van der Waals surface area contributed by atoms with E-state index in [2.05, 4.69) is 78.7 Å². The van der Waals surface area contributed by atoms with E-state index in [9.17, 15) is 14.4 Å². The second-order valence-electron chi connectivity index (χ2n) is 36.6. The van der Waals surface area contributed by atoms with Gasteiger partial charge in [0, 0.05) is 146 Å². The number of nitrogens with zero attached hydrogens (tertiary/aromatic N) is 5. The van der Waals surface area contributed by atoms with Crippen molar-refractivity contribution in [3.8, 4) is 92.0 Å². The van der Waals surface area contributed by atoms with Crippen LogP contribution in [0.4, 0.5) is 56.9 Å². The summed E-state index contributed by atoms with van der Waals surface area (Å²) in [5.74, 6) is 12.1. The van der Waals surface area contributed by atoms with Gasteiger partial charge in [0.15, 0.2) is 86.3 Å². The Kier molecular flexibility index (Phi) is 24.1. The van der Waals surface area contributed by atoms with Crippen LogP contribution in [0.3, 0.4) is 0 Å². The van der Waals surface area contributed by atoms with Crippen molar-refractivity contribution < 1.29 is 90.2 Å². The van der Waals surface area contributed by atoms with E-state index in [-0.39, 0.29) is 44.5 Å². The molecule has 26 rings (SSSR count). The number of hydrogen-bond donors (Lipinski definition) is 5. The van der Waals surface area contributed by atoms with Crippen LogP contribution in [0.1, 0.15) is 155 Å². The molecule has 0 spiro atoms. The molecule has 0 bridgehead atoms. The molecule has 5 aromatic heterocycles. The fourth-order valence-electron chi connectivity index (χ4n) is 20.2. The minimum Gasteiger partial charge on any atom is -0.497 e. The Morgan fingerprint density at radius 2 is 0.570 bits per heavy atom. The SMILES string of the molecule is C=C1CCc2nc3cc4c(cc3c(Nc3cc(C)c(C)c(OC)c3)c21)OCO4.C=C1CCc2nc3cc4c(cc3c(Nc3ccc(C)c(OC)c3)c21)OCO4.COc1cc(C)cc(Nc2c3c(nc4cc5c(cc24)OCCO5)CCCC3=O)c1.COc1cc(Nc2c3c(nc4cc5c(cc24)OCCO5)CCCC3=O)cc(C)c1C.O=C1CCCc2nc3cc4c(cc3c(Nc3ccc5c(c3)OCO5)c21)OCO4. The highest BCUT2D eigenvalue weighted by Crippen LogP contribution is 2.52. The summed E-state index contributed by atoms with van der Waals surface area (Å²) in [6, 6.07) is 45.3. The summed E-state index contributed by atoms with van der Waals surface area (Å²) in [7, 11) is 6.71. The molecule has 0 amide bonds. The van der Waals surface area contributed by atoms with Gasteiger partial charge in [-0.1, -0.05) is 19.2 Å². The number of allylic oxidation sites excluding steroid dienone is 2. The smallest absolute Gasteiger partial charge is 0.231 e. The van der Waals surface area contributed by atoms with E-state index >= 15 is 0 Å². The van der Waals surface area contributed by atoms with E-state index in [1.54, 1.807) is 28.4 Å². The Bertz CT molecular complexity index is 7850. The average Bonchev–Trinajstić information content (AvgIpc) is 1.56. The molecule has 0 saturated carbocycles. The first-order chi connectivity index (χ1) is 69.1. The van der Waals surface area contributed by atoms with Gasteiger partial charge in [0.25, 0.3) is 0 Å². The molecule has 0 radical (unpaired) electrons. The number of hydrogen-bond acceptors (Lipinski definition) is 29. The van der Waals surface area contributed by atoms with Crippen molar-refractivity contribution in [3.63, 3.8) is 0 Å². The summed E-state index contributed by atoms with van der Waals surface area (Å²) in [6.45, 7) is 23.8. The first-order valence-electron chi connectivity index (χ1n) is 47.7. The Morgan fingerprint density at radius 1 is 0.268 bits per heavy atom. The summed E-state index contributed by atoms with van der Waals surface area (Å²) in [5.41, 5.74) is 30.8. The van der Waals surface area contributed by atoms with Crippen LogP contribution >= 0.6 is 0 Å². The minimum atomic E-state index is 0.108. The number of nitrogens with one attached hydrogen (secondary N) is 5. The standard InChI is InChI=1S/C24H24N2O4.C23H22N2O4.C23H22N2O3.C22H20N2O3.C21H16N2O5/c1-13-9-15(10-20(28-3)14(13)2)25-24-16-11-21-22(30-8-7-29-21)12-18(16)26-17-5-4-6-19(27)23(17)24;1-13-8-14(10-15(9-13)27-2)24-23-16-11-20-21(29-7-6-28-20)12-18(16)25-17-4-3-5-19(26)22(17)23;1-12-5-6-17-22(12)23(24-15-7-13(2)14(3)19(8-15)26-4)16-9-20-21(28-11-27-20)10-18(16)25-17;1-12-4-6-14(8-18(12)25-3)23-22-15-9-19-20(27-11-26-19)10-17(15)24-16-7-5-13(2)21(16)22;24-15-3-1-2-13-20(15)21(22-11-4-5-16-17(6-11)26-9-25-16)12-7-18-19(28-10-27-18)8-14(12)23-13/h9-12H,4-8H2,1-3H3,(H,25,26);8-12H,3-7H2,1-2H3,(H,24,25);7-10H,1,5-6,11H2,2-4H3,(H,24,25);4,6,8-10H,2,5,7,11H2,1,3H3,(H,23,24);4-8H,1-3,9-10H2,(H,22,23). The van der Waals surface area contributed by atoms with Crippen LogP contribution in [0.2, 0.25) is 0 Å². The van der Waals surface area contributed by atoms with Gasteiger partial charge in [-0.2, -0.15) is 0 Å². The molecule has 29 heteroatoms. The number of rotatable bonds is 14. The van der Waals surface area contributed by atoms with Gasteiger partial charge in [0.2, 0.25) is 27.2 Å². The zero-order valence-corrected chi connectivity index (χ0v) is 80.5. The van der Waals surface area contributed by atoms with E-state index < -0.39 is 0 Å². The number of carbonyl (C=O) groups excluding carboxylic acids is 3. The third kappa shape index (κ3) is 17.3. The Morgan fingerprint density at radius 3 is 0.944 bits per heavy atom. The van der Waals surface area contributed by atoms with E-state index in [4.69, 9.17) is 101 Å². The Hall–Kier alpha value is -16.5. The number of ether oxygens (including phenoxy) is 16. The summed E-state index contributed by atoms with van der Waals surface area (Å²) >= 11 is 0. The fraction of sp³-hybridized carbons (Fsp3) is 0.274. The summed E-state index contributed by atoms with van der Waals surface area (Å²) in [5, 5.41) is 22.2. The zero-order valence-electron chi connectivity index (χ0n) is 80.5. The van der Waals surface area contributed by atoms with Gasteiger partial charge in [-0.15, -0.1) is 0 Å². The Labute approximate surface area is 818 Å². The van der Waals surface area contributed by atoms with Gasteiger partial charge in [0.1, 0.15) is 49.4 Å². The molecule has 11 aliphatic rings. The van der Waals surface area contributed by atoms with Crippen LogP contribution in [0.15, 0.2) is 153 Å². The lowest BCUT2D eigenvalue weighted by molar-refractivity contribution is 0.0964.